The molecule has 4 unspecified atom stereocenters. The van der Waals surface area contributed by atoms with Gasteiger partial charge in [-0.3, -0.25) is 19.2 Å². The Labute approximate surface area is 203 Å². The maximum atomic E-state index is 13.0. The summed E-state index contributed by atoms with van der Waals surface area (Å²) in [5.74, 6) is -2.09. The van der Waals surface area contributed by atoms with Crippen molar-refractivity contribution in [3.8, 4) is 5.95 Å². The van der Waals surface area contributed by atoms with E-state index in [1.807, 2.05) is 13.8 Å². The number of methoxy groups -OCH3 is 3. The molecular weight excluding hydrogens is 464 g/mol. The molecule has 196 valence electrons. The first kappa shape index (κ1) is 28.2. The molecule has 1 aliphatic heterocycles. The third-order valence-electron chi connectivity index (χ3n) is 5.28. The molecule has 0 spiro atoms. The fourth-order valence-electron chi connectivity index (χ4n) is 3.26. The number of ether oxygens (including phenoxy) is 4. The molecule has 2 rings (SSSR count). The number of amides is 3. The summed E-state index contributed by atoms with van der Waals surface area (Å²) in [6.45, 7) is 5.48. The third-order valence-corrected chi connectivity index (χ3v) is 5.28. The lowest BCUT2D eigenvalue weighted by Gasteiger charge is -2.26. The molecule has 1 aromatic heterocycles. The van der Waals surface area contributed by atoms with Crippen LogP contribution in [-0.4, -0.2) is 93.5 Å². The number of nitrogens with zero attached hydrogens (tertiary/aromatic N) is 1. The maximum absolute atomic E-state index is 13.0. The third kappa shape index (κ3) is 8.01. The smallest absolute Gasteiger partial charge is 0.311 e. The first-order valence-electron chi connectivity index (χ1n) is 11.1. The van der Waals surface area contributed by atoms with Gasteiger partial charge in [0.2, 0.25) is 11.8 Å². The van der Waals surface area contributed by atoms with Gasteiger partial charge in [0.05, 0.1) is 39.0 Å². The highest BCUT2D eigenvalue weighted by atomic mass is 16.6. The fraction of sp³-hybridized carbons (Fsp3) is 0.682. The number of carbonyl (C=O) groups excluding carboxylic acids is 4. The van der Waals surface area contributed by atoms with Crippen molar-refractivity contribution in [2.24, 2.45) is 5.92 Å². The Kier molecular flexibility index (Phi) is 10.2. The Morgan fingerprint density at radius 2 is 1.54 bits per heavy atom. The number of ketones is 1. The van der Waals surface area contributed by atoms with E-state index in [1.54, 1.807) is 6.92 Å². The highest BCUT2D eigenvalue weighted by molar-refractivity contribution is 5.99. The number of hydrogen-bond acceptors (Lipinski definition) is 10. The molecule has 0 saturated carbocycles. The van der Waals surface area contributed by atoms with Crippen LogP contribution in [0.4, 0.5) is 0 Å². The average molecular weight is 499 g/mol. The van der Waals surface area contributed by atoms with E-state index in [0.29, 0.717) is 13.0 Å². The van der Waals surface area contributed by atoms with Gasteiger partial charge in [-0.1, -0.05) is 19.0 Å². The van der Waals surface area contributed by atoms with Gasteiger partial charge in [0.1, 0.15) is 17.7 Å². The van der Waals surface area contributed by atoms with Gasteiger partial charge in [-0.05, 0) is 19.3 Å². The quantitative estimate of drug-likeness (QED) is 0.267. The van der Waals surface area contributed by atoms with Crippen molar-refractivity contribution in [1.29, 1.82) is 0 Å². The first-order chi connectivity index (χ1) is 16.5. The number of epoxide rings is 1. The first-order valence-corrected chi connectivity index (χ1v) is 11.1. The van der Waals surface area contributed by atoms with Gasteiger partial charge in [0.25, 0.3) is 5.91 Å². The van der Waals surface area contributed by atoms with Crippen LogP contribution in [0, 0.1) is 5.92 Å². The summed E-state index contributed by atoms with van der Waals surface area (Å²) in [6, 6.07) is -1.82. The van der Waals surface area contributed by atoms with Crippen LogP contribution in [-0.2, 0) is 28.6 Å². The number of carbonyl (C=O) groups is 4. The largest absolute Gasteiger partial charge is 0.467 e. The van der Waals surface area contributed by atoms with E-state index in [-0.39, 0.29) is 36.6 Å². The highest BCUT2D eigenvalue weighted by Gasteiger charge is 2.50. The van der Waals surface area contributed by atoms with E-state index in [1.165, 1.54) is 27.4 Å². The van der Waals surface area contributed by atoms with Crippen LogP contribution >= 0.6 is 0 Å². The molecule has 0 radical (unpaired) electrons. The number of hydrogen-bond donors (Lipinski definition) is 3. The molecule has 3 N–H and O–H groups in total. The summed E-state index contributed by atoms with van der Waals surface area (Å²) in [4.78, 5) is 51.2. The lowest BCUT2D eigenvalue weighted by atomic mass is 9.93. The fourth-order valence-corrected chi connectivity index (χ4v) is 3.26. The minimum Gasteiger partial charge on any atom is -0.467 e. The van der Waals surface area contributed by atoms with Gasteiger partial charge in [0.15, 0.2) is 11.5 Å². The summed E-state index contributed by atoms with van der Waals surface area (Å²) in [7, 11) is 4.07. The molecule has 13 heteroatoms. The van der Waals surface area contributed by atoms with Crippen molar-refractivity contribution in [2.45, 2.75) is 50.9 Å². The van der Waals surface area contributed by atoms with Crippen molar-refractivity contribution in [3.05, 3.63) is 11.8 Å². The minimum atomic E-state index is -1.16. The van der Waals surface area contributed by atoms with Crippen LogP contribution in [0.2, 0.25) is 0 Å². The zero-order valence-electron chi connectivity index (χ0n) is 20.8. The van der Waals surface area contributed by atoms with E-state index in [4.69, 9.17) is 23.5 Å². The second-order valence-electron chi connectivity index (χ2n) is 8.81. The van der Waals surface area contributed by atoms with Crippen molar-refractivity contribution in [1.82, 2.24) is 21.1 Å². The van der Waals surface area contributed by atoms with Crippen molar-refractivity contribution >= 4 is 23.5 Å². The maximum Gasteiger partial charge on any atom is 0.311 e. The van der Waals surface area contributed by atoms with Crippen molar-refractivity contribution < 1.29 is 42.6 Å². The monoisotopic (exact) mass is 498 g/mol. The molecule has 1 fully saturated rings. The topological polar surface area (TPSA) is 171 Å². The number of nitrogens with one attached hydrogen (secondary N) is 3. The van der Waals surface area contributed by atoms with E-state index in [0.717, 1.165) is 0 Å². The normalized spacial score (nSPS) is 19.4. The minimum absolute atomic E-state index is 0.0238. The Morgan fingerprint density at radius 3 is 2.00 bits per heavy atom. The van der Waals surface area contributed by atoms with Gasteiger partial charge in [-0.15, -0.1) is 0 Å². The van der Waals surface area contributed by atoms with Crippen molar-refractivity contribution in [2.75, 3.05) is 41.2 Å². The lowest BCUT2D eigenvalue weighted by Crippen LogP contribution is -2.58. The molecule has 13 nitrogen and oxygen atoms in total. The van der Waals surface area contributed by atoms with Crippen LogP contribution in [0.25, 0.3) is 0 Å². The van der Waals surface area contributed by atoms with Crippen molar-refractivity contribution in [3.63, 3.8) is 0 Å². The molecule has 0 aromatic carbocycles. The second-order valence-corrected chi connectivity index (χ2v) is 8.81. The molecule has 3 amide bonds. The summed E-state index contributed by atoms with van der Waals surface area (Å²) in [6.07, 6.45) is 0.403. The van der Waals surface area contributed by atoms with Gasteiger partial charge >= 0.3 is 5.95 Å². The summed E-state index contributed by atoms with van der Waals surface area (Å²) >= 11 is 0. The summed E-state index contributed by atoms with van der Waals surface area (Å²) in [5, 5.41) is 11.3. The molecule has 4 atom stereocenters. The van der Waals surface area contributed by atoms with Crippen LogP contribution < -0.4 is 20.7 Å². The molecule has 0 aliphatic carbocycles. The number of rotatable bonds is 15. The SMILES string of the molecule is COCC(NC(=O)c1cc(OC)on1)C(=O)NC(COC)C(=O)NC(CC(C)C)C(=O)C1(C)CO1. The van der Waals surface area contributed by atoms with Crippen LogP contribution in [0.15, 0.2) is 10.6 Å². The molecule has 2 heterocycles. The highest BCUT2D eigenvalue weighted by Crippen LogP contribution is 2.29. The number of Topliss-reactive ketones (excluding diaryl/α,β-unsaturated/α-hetero) is 1. The van der Waals surface area contributed by atoms with Gasteiger partial charge in [-0.2, -0.15) is 0 Å². The van der Waals surface area contributed by atoms with Crippen LogP contribution in [0.5, 0.6) is 5.95 Å². The predicted octanol–water partition coefficient (Wildman–Crippen LogP) is -0.552. The Balaban J connectivity index is 2.08. The van der Waals surface area contributed by atoms with Crippen LogP contribution in [0.1, 0.15) is 37.7 Å². The summed E-state index contributed by atoms with van der Waals surface area (Å²) < 4.78 is 25.0. The Hall–Kier alpha value is -3.03. The summed E-state index contributed by atoms with van der Waals surface area (Å²) in [5.41, 5.74) is -1.02. The molecule has 1 aromatic rings. The molecule has 35 heavy (non-hydrogen) atoms. The zero-order valence-corrected chi connectivity index (χ0v) is 20.8. The second kappa shape index (κ2) is 12.6. The zero-order chi connectivity index (χ0) is 26.2. The van der Waals surface area contributed by atoms with E-state index >= 15 is 0 Å². The standard InChI is InChI=1S/C22H34N4O9/c1-12(2)7-13(18(27)22(3)11-34-22)23-20(29)15(9-31-4)25-21(30)16(10-32-5)24-19(28)14-8-17(33-6)35-26-14/h8,12-13,15-16H,7,9-11H2,1-6H3,(H,23,29)(H,24,28)(H,25,30). The van der Waals surface area contributed by atoms with Crippen LogP contribution in [0.3, 0.4) is 0 Å². The Morgan fingerprint density at radius 1 is 1.00 bits per heavy atom. The molecular formula is C22H34N4O9. The molecule has 1 saturated heterocycles. The van der Waals surface area contributed by atoms with Gasteiger partial charge in [-0.25, -0.2) is 0 Å². The van der Waals surface area contributed by atoms with E-state index in [2.05, 4.69) is 21.1 Å². The lowest BCUT2D eigenvalue weighted by molar-refractivity contribution is -0.134. The number of aromatic nitrogens is 1. The van der Waals surface area contributed by atoms with Gasteiger partial charge in [0, 0.05) is 14.2 Å². The Bertz CT molecular complexity index is 897. The molecule has 1 aliphatic rings. The predicted molar refractivity (Wildman–Crippen MR) is 121 cm³/mol. The van der Waals surface area contributed by atoms with Gasteiger partial charge < -0.3 is 39.4 Å². The average Bonchev–Trinajstić information content (AvgIpc) is 3.37. The molecule has 0 bridgehead atoms. The van der Waals surface area contributed by atoms with E-state index < -0.39 is 41.4 Å². The van der Waals surface area contributed by atoms with E-state index in [9.17, 15) is 19.2 Å².